The van der Waals surface area contributed by atoms with Crippen LogP contribution < -0.4 is 15.4 Å². The molecule has 8 nitrogen and oxygen atoms in total. The summed E-state index contributed by atoms with van der Waals surface area (Å²) in [5.74, 6) is -0.0233. The minimum Gasteiger partial charge on any atom is -0.506 e. The van der Waals surface area contributed by atoms with Crippen LogP contribution in [0.1, 0.15) is 0 Å². The number of urea groups is 1. The zero-order chi connectivity index (χ0) is 17.0. The molecule has 0 aliphatic carbocycles. The molecule has 0 fully saturated rings. The van der Waals surface area contributed by atoms with Crippen molar-refractivity contribution in [1.29, 1.82) is 0 Å². The highest BCUT2D eigenvalue weighted by molar-refractivity contribution is 6.31. The number of aromatic hydroxyl groups is 1. The van der Waals surface area contributed by atoms with Gasteiger partial charge < -0.3 is 20.5 Å². The fourth-order valence-electron chi connectivity index (χ4n) is 1.79. The number of hydrogen-bond acceptors (Lipinski definition) is 5. The first kappa shape index (κ1) is 16.4. The average Bonchev–Trinajstić information content (AvgIpc) is 2.49. The largest absolute Gasteiger partial charge is 0.506 e. The molecule has 3 N–H and O–H groups in total. The zero-order valence-electron chi connectivity index (χ0n) is 11.9. The smallest absolute Gasteiger partial charge is 0.323 e. The van der Waals surface area contributed by atoms with Crippen LogP contribution in [-0.2, 0) is 0 Å². The van der Waals surface area contributed by atoms with Gasteiger partial charge in [0.25, 0.3) is 5.69 Å². The van der Waals surface area contributed by atoms with E-state index in [1.54, 1.807) is 12.1 Å². The topological polar surface area (TPSA) is 114 Å². The number of nitro groups is 1. The van der Waals surface area contributed by atoms with E-state index >= 15 is 0 Å². The SMILES string of the molecule is COc1ccc(Cl)cc1NC(=O)Nc1ccc([N+](=O)[O-])cc1O. The summed E-state index contributed by atoms with van der Waals surface area (Å²) in [5, 5.41) is 25.6. The first-order valence-electron chi connectivity index (χ1n) is 6.29. The van der Waals surface area contributed by atoms with E-state index in [9.17, 15) is 20.0 Å². The highest BCUT2D eigenvalue weighted by Crippen LogP contribution is 2.30. The number of nitrogens with one attached hydrogen (secondary N) is 2. The standard InChI is InChI=1S/C14H12ClN3O5/c1-23-13-5-2-8(15)6-11(13)17-14(20)16-10-4-3-9(18(21)22)7-12(10)19/h2-7,19H,1H3,(H2,16,17,20). The number of phenols is 1. The van der Waals surface area contributed by atoms with E-state index in [0.29, 0.717) is 16.5 Å². The molecule has 0 bridgehead atoms. The Labute approximate surface area is 135 Å². The van der Waals surface area contributed by atoms with Crippen LogP contribution in [0.25, 0.3) is 0 Å². The summed E-state index contributed by atoms with van der Waals surface area (Å²) in [6, 6.07) is 7.34. The second-order valence-corrected chi connectivity index (χ2v) is 4.82. The maximum atomic E-state index is 12.0. The summed E-state index contributed by atoms with van der Waals surface area (Å²) in [6.07, 6.45) is 0. The van der Waals surface area contributed by atoms with Gasteiger partial charge in [-0.05, 0) is 24.3 Å². The number of rotatable bonds is 4. The number of nitrogens with zero attached hydrogens (tertiary/aromatic N) is 1. The van der Waals surface area contributed by atoms with E-state index in [-0.39, 0.29) is 11.4 Å². The summed E-state index contributed by atoms with van der Waals surface area (Å²) in [6.45, 7) is 0. The Balaban J connectivity index is 2.14. The highest BCUT2D eigenvalue weighted by Gasteiger charge is 2.13. The van der Waals surface area contributed by atoms with Crippen molar-refractivity contribution in [1.82, 2.24) is 0 Å². The Morgan fingerprint density at radius 2 is 1.91 bits per heavy atom. The number of phenolic OH excluding ortho intramolecular Hbond substituents is 1. The molecular formula is C14H12ClN3O5. The van der Waals surface area contributed by atoms with E-state index in [1.807, 2.05) is 0 Å². The zero-order valence-corrected chi connectivity index (χ0v) is 12.6. The molecule has 0 aliphatic heterocycles. The lowest BCUT2D eigenvalue weighted by Crippen LogP contribution is -2.19. The second-order valence-electron chi connectivity index (χ2n) is 4.38. The first-order valence-corrected chi connectivity index (χ1v) is 6.67. The third kappa shape index (κ3) is 4.01. The number of halogens is 1. The van der Waals surface area contributed by atoms with Crippen LogP contribution in [0, 0.1) is 10.1 Å². The molecule has 0 heterocycles. The number of benzene rings is 2. The number of non-ortho nitro benzene ring substituents is 1. The normalized spacial score (nSPS) is 10.0. The van der Waals surface area contributed by atoms with Crippen molar-refractivity contribution in [2.45, 2.75) is 0 Å². The molecule has 2 aromatic carbocycles. The molecule has 0 aliphatic rings. The van der Waals surface area contributed by atoms with Gasteiger partial charge in [0.2, 0.25) is 0 Å². The maximum absolute atomic E-state index is 12.0. The van der Waals surface area contributed by atoms with Crippen LogP contribution >= 0.6 is 11.6 Å². The van der Waals surface area contributed by atoms with E-state index in [0.717, 1.165) is 12.1 Å². The van der Waals surface area contributed by atoms with Gasteiger partial charge >= 0.3 is 6.03 Å². The Kier molecular flexibility index (Phi) is 4.87. The van der Waals surface area contributed by atoms with Crippen LogP contribution in [0.4, 0.5) is 21.9 Å². The van der Waals surface area contributed by atoms with E-state index in [1.165, 1.54) is 19.2 Å². The molecule has 0 saturated heterocycles. The molecule has 2 aromatic rings. The van der Waals surface area contributed by atoms with Gasteiger partial charge in [0.15, 0.2) is 0 Å². The molecule has 0 aromatic heterocycles. The average molecular weight is 338 g/mol. The molecule has 0 unspecified atom stereocenters. The van der Waals surface area contributed by atoms with Gasteiger partial charge in [-0.2, -0.15) is 0 Å². The molecule has 120 valence electrons. The number of carbonyl (C=O) groups is 1. The van der Waals surface area contributed by atoms with Crippen LogP contribution in [0.2, 0.25) is 5.02 Å². The van der Waals surface area contributed by atoms with E-state index < -0.39 is 16.7 Å². The predicted molar refractivity (Wildman–Crippen MR) is 85.4 cm³/mol. The number of anilines is 2. The van der Waals surface area contributed by atoms with Crippen LogP contribution in [-0.4, -0.2) is 23.2 Å². The predicted octanol–water partition coefficient (Wildman–Crippen LogP) is 3.61. The minimum absolute atomic E-state index is 0.0223. The van der Waals surface area contributed by atoms with Crippen molar-refractivity contribution in [2.75, 3.05) is 17.7 Å². The van der Waals surface area contributed by atoms with Crippen LogP contribution in [0.3, 0.4) is 0 Å². The van der Waals surface area contributed by atoms with E-state index in [2.05, 4.69) is 10.6 Å². The second kappa shape index (κ2) is 6.84. The van der Waals surface area contributed by atoms with Crippen LogP contribution in [0.15, 0.2) is 36.4 Å². The van der Waals surface area contributed by atoms with Crippen molar-refractivity contribution < 1.29 is 19.6 Å². The Morgan fingerprint density at radius 1 is 1.22 bits per heavy atom. The number of hydrogen-bond donors (Lipinski definition) is 3. The Hall–Kier alpha value is -3.00. The van der Waals surface area contributed by atoms with Gasteiger partial charge in [0.05, 0.1) is 29.5 Å². The van der Waals surface area contributed by atoms with Gasteiger partial charge in [-0.3, -0.25) is 10.1 Å². The lowest BCUT2D eigenvalue weighted by atomic mass is 10.2. The summed E-state index contributed by atoms with van der Waals surface area (Å²) in [4.78, 5) is 21.9. The van der Waals surface area contributed by atoms with Gasteiger partial charge in [-0.25, -0.2) is 4.79 Å². The third-order valence-corrected chi connectivity index (χ3v) is 3.09. The number of ether oxygens (including phenoxy) is 1. The lowest BCUT2D eigenvalue weighted by molar-refractivity contribution is -0.384. The van der Waals surface area contributed by atoms with Crippen molar-refractivity contribution >= 4 is 34.7 Å². The minimum atomic E-state index is -0.672. The molecule has 0 radical (unpaired) electrons. The number of methoxy groups -OCH3 is 1. The van der Waals surface area contributed by atoms with Crippen molar-refractivity contribution in [2.24, 2.45) is 0 Å². The van der Waals surface area contributed by atoms with Crippen molar-refractivity contribution in [3.63, 3.8) is 0 Å². The summed E-state index contributed by atoms with van der Waals surface area (Å²) in [5.41, 5.74) is 0.0676. The molecule has 9 heteroatoms. The summed E-state index contributed by atoms with van der Waals surface area (Å²) >= 11 is 5.86. The van der Waals surface area contributed by atoms with Gasteiger partial charge in [-0.1, -0.05) is 11.6 Å². The Morgan fingerprint density at radius 3 is 2.52 bits per heavy atom. The maximum Gasteiger partial charge on any atom is 0.323 e. The fraction of sp³-hybridized carbons (Fsp3) is 0.0714. The van der Waals surface area contributed by atoms with Crippen molar-refractivity contribution in [3.8, 4) is 11.5 Å². The quantitative estimate of drug-likeness (QED) is 0.448. The van der Waals surface area contributed by atoms with E-state index in [4.69, 9.17) is 16.3 Å². The van der Waals surface area contributed by atoms with Crippen LogP contribution in [0.5, 0.6) is 11.5 Å². The molecular weight excluding hydrogens is 326 g/mol. The molecule has 23 heavy (non-hydrogen) atoms. The Bertz CT molecular complexity index is 766. The highest BCUT2D eigenvalue weighted by atomic mass is 35.5. The third-order valence-electron chi connectivity index (χ3n) is 2.85. The summed E-state index contributed by atoms with van der Waals surface area (Å²) < 4.78 is 5.09. The molecule has 2 rings (SSSR count). The molecule has 0 atom stereocenters. The number of amides is 2. The van der Waals surface area contributed by atoms with Gasteiger partial charge in [-0.15, -0.1) is 0 Å². The fourth-order valence-corrected chi connectivity index (χ4v) is 1.97. The number of carbonyl (C=O) groups excluding carboxylic acids is 1. The number of nitro benzene ring substituents is 1. The monoisotopic (exact) mass is 337 g/mol. The molecule has 0 saturated carbocycles. The molecule has 0 spiro atoms. The van der Waals surface area contributed by atoms with Gasteiger partial charge in [0, 0.05) is 11.1 Å². The first-order chi connectivity index (χ1) is 10.9. The lowest BCUT2D eigenvalue weighted by Gasteiger charge is -2.12. The van der Waals surface area contributed by atoms with Crippen molar-refractivity contribution in [3.05, 3.63) is 51.5 Å². The van der Waals surface area contributed by atoms with Gasteiger partial charge in [0.1, 0.15) is 11.5 Å². The summed E-state index contributed by atoms with van der Waals surface area (Å²) in [7, 11) is 1.44. The molecule has 2 amide bonds.